The Morgan fingerprint density at radius 2 is 1.83 bits per heavy atom. The van der Waals surface area contributed by atoms with Gasteiger partial charge in [-0.1, -0.05) is 0 Å². The number of nitrogens with zero attached hydrogens (tertiary/aromatic N) is 1. The van der Waals surface area contributed by atoms with E-state index >= 15 is 0 Å². The van der Waals surface area contributed by atoms with Gasteiger partial charge in [-0.25, -0.2) is 13.2 Å². The maximum atomic E-state index is 10.4. The van der Waals surface area contributed by atoms with Gasteiger partial charge in [-0.3, -0.25) is 0 Å². The van der Waals surface area contributed by atoms with E-state index < -0.39 is 6.18 Å². The standard InChI is InChI=1S/C9H12N.C2F3O.CH3.Pd/c1-10(2)8-9-6-4-3-5-7-9;3-2(4,5)1-6;;/h3-6H,8H2,1-2H3;;1H3;/q3*-1;. The van der Waals surface area contributed by atoms with Gasteiger partial charge in [-0.05, 0) is 14.1 Å². The monoisotopic (exact) mass is 352 g/mol. The number of hydrogen-bond acceptors (Lipinski definition) is 2. The smallest absolute Gasteiger partial charge is 0.298 e. The number of benzene rings is 1. The topological polar surface area (TPSA) is 20.3 Å². The van der Waals surface area contributed by atoms with E-state index in [1.165, 1.54) is 5.56 Å². The fourth-order valence-corrected chi connectivity index (χ4v) is 0.870. The predicted molar refractivity (Wildman–Crippen MR) is 60.8 cm³/mol. The fourth-order valence-electron chi connectivity index (χ4n) is 0.870. The first-order valence-electron chi connectivity index (χ1n) is 4.41. The van der Waals surface area contributed by atoms with Crippen LogP contribution in [0.25, 0.3) is 0 Å². The van der Waals surface area contributed by atoms with Crippen molar-refractivity contribution in [2.45, 2.75) is 12.7 Å². The minimum Gasteiger partial charge on any atom is -0.533 e. The summed E-state index contributed by atoms with van der Waals surface area (Å²) in [7, 11) is 4.11. The molecule has 0 bridgehead atoms. The van der Waals surface area contributed by atoms with Gasteiger partial charge in [0.25, 0.3) is 6.18 Å². The summed E-state index contributed by atoms with van der Waals surface area (Å²) in [6, 6.07) is 11.2. The SMILES string of the molecule is CN(C)Cc1[c-]cccc1.O=[C-]C(F)(F)F.[CH3-].[Pd]. The summed E-state index contributed by atoms with van der Waals surface area (Å²) in [5, 5.41) is 0. The molecular weight excluding hydrogens is 338 g/mol. The van der Waals surface area contributed by atoms with Crippen LogP contribution in [0.2, 0.25) is 0 Å². The normalized spacial score (nSPS) is 9.44. The first-order chi connectivity index (χ1) is 7.35. The summed E-state index contributed by atoms with van der Waals surface area (Å²) >= 11 is 0. The molecule has 0 fully saturated rings. The maximum Gasteiger partial charge on any atom is 0.298 e. The second-order valence-electron chi connectivity index (χ2n) is 3.23. The molecule has 108 valence electrons. The van der Waals surface area contributed by atoms with Crippen molar-refractivity contribution in [3.8, 4) is 0 Å². The molecule has 0 spiro atoms. The van der Waals surface area contributed by atoms with Crippen molar-refractivity contribution in [1.82, 2.24) is 4.90 Å². The van der Waals surface area contributed by atoms with Crippen LogP contribution in [-0.4, -0.2) is 31.5 Å². The summed E-state index contributed by atoms with van der Waals surface area (Å²) in [6.07, 6.45) is -4.91. The van der Waals surface area contributed by atoms with Gasteiger partial charge in [0.1, 0.15) is 0 Å². The van der Waals surface area contributed by atoms with Crippen molar-refractivity contribution >= 4 is 6.29 Å². The van der Waals surface area contributed by atoms with Gasteiger partial charge in [0, 0.05) is 27.0 Å². The summed E-state index contributed by atoms with van der Waals surface area (Å²) < 4.78 is 31.1. The predicted octanol–water partition coefficient (Wildman–Crippen LogP) is 2.65. The Balaban J connectivity index is -0.000000250. The average molecular weight is 353 g/mol. The van der Waals surface area contributed by atoms with Gasteiger partial charge < -0.3 is 17.1 Å². The van der Waals surface area contributed by atoms with E-state index in [4.69, 9.17) is 4.79 Å². The molecule has 0 saturated heterocycles. The molecular formula is C12H15F3NOPd-3. The second kappa shape index (κ2) is 11.4. The van der Waals surface area contributed by atoms with E-state index in [-0.39, 0.29) is 34.1 Å². The molecule has 18 heavy (non-hydrogen) atoms. The number of hydrogen-bond donors (Lipinski definition) is 0. The van der Waals surface area contributed by atoms with Gasteiger partial charge >= 0.3 is 0 Å². The Morgan fingerprint density at radius 1 is 1.33 bits per heavy atom. The third-order valence-corrected chi connectivity index (χ3v) is 1.38. The van der Waals surface area contributed by atoms with Crippen molar-refractivity contribution in [3.63, 3.8) is 0 Å². The minimum absolute atomic E-state index is 0. The molecule has 1 aromatic rings. The zero-order chi connectivity index (χ0) is 12.6. The molecule has 0 aliphatic carbocycles. The Kier molecular flexibility index (Phi) is 14.2. The molecule has 6 heteroatoms. The van der Waals surface area contributed by atoms with E-state index in [0.29, 0.717) is 0 Å². The first kappa shape index (κ1) is 22.5. The molecule has 0 saturated carbocycles. The Hall–Kier alpha value is -0.698. The molecule has 2 nitrogen and oxygen atoms in total. The second-order valence-corrected chi connectivity index (χ2v) is 3.23. The zero-order valence-electron chi connectivity index (χ0n) is 10.3. The van der Waals surface area contributed by atoms with E-state index in [0.717, 1.165) is 6.54 Å². The summed E-state index contributed by atoms with van der Waals surface area (Å²) in [4.78, 5) is 10.7. The van der Waals surface area contributed by atoms with Gasteiger partial charge in [0.05, 0.1) is 0 Å². The van der Waals surface area contributed by atoms with Crippen LogP contribution >= 0.6 is 0 Å². The number of alkyl halides is 3. The van der Waals surface area contributed by atoms with Crippen LogP contribution in [0.5, 0.6) is 0 Å². The van der Waals surface area contributed by atoms with Crippen LogP contribution in [0.15, 0.2) is 24.3 Å². The van der Waals surface area contributed by atoms with Crippen LogP contribution in [0.4, 0.5) is 13.2 Å². The molecule has 0 radical (unpaired) electrons. The average Bonchev–Trinajstić information content (AvgIpc) is 2.18. The number of halogens is 3. The Bertz CT molecular complexity index is 302. The van der Waals surface area contributed by atoms with Crippen molar-refractivity contribution in [2.24, 2.45) is 0 Å². The molecule has 1 rings (SSSR count). The fraction of sp³-hybridized carbons (Fsp3) is 0.333. The molecule has 0 heterocycles. The van der Waals surface area contributed by atoms with E-state index in [2.05, 4.69) is 31.1 Å². The molecule has 0 unspecified atom stereocenters. The van der Waals surface area contributed by atoms with E-state index in [9.17, 15) is 13.2 Å². The van der Waals surface area contributed by atoms with E-state index in [1.807, 2.05) is 18.2 Å². The van der Waals surface area contributed by atoms with Gasteiger partial charge in [-0.15, -0.1) is 5.56 Å². The zero-order valence-corrected chi connectivity index (χ0v) is 11.9. The molecule has 0 aliphatic heterocycles. The Morgan fingerprint density at radius 3 is 2.11 bits per heavy atom. The minimum atomic E-state index is -4.76. The number of carbonyl (C=O) groups excluding carboxylic acids is 1. The quantitative estimate of drug-likeness (QED) is 0.602. The van der Waals surface area contributed by atoms with Crippen molar-refractivity contribution < 1.29 is 38.4 Å². The number of rotatable bonds is 2. The molecule has 1 aromatic carbocycles. The molecule has 0 aliphatic rings. The van der Waals surface area contributed by atoms with Crippen molar-refractivity contribution in [3.05, 3.63) is 43.3 Å². The summed E-state index contributed by atoms with van der Waals surface area (Å²) in [6.45, 7) is 0.973. The van der Waals surface area contributed by atoms with Crippen molar-refractivity contribution in [2.75, 3.05) is 14.1 Å². The van der Waals surface area contributed by atoms with Gasteiger partial charge in [0.15, 0.2) is 0 Å². The van der Waals surface area contributed by atoms with Crippen LogP contribution in [-0.2, 0) is 31.8 Å². The largest absolute Gasteiger partial charge is 0.533 e. The van der Waals surface area contributed by atoms with Gasteiger partial charge in [-0.2, -0.15) is 36.6 Å². The van der Waals surface area contributed by atoms with Gasteiger partial charge in [0.2, 0.25) is 0 Å². The molecule has 0 atom stereocenters. The van der Waals surface area contributed by atoms with Crippen LogP contribution in [0, 0.1) is 13.5 Å². The molecule has 0 aromatic heterocycles. The van der Waals surface area contributed by atoms with E-state index in [1.54, 1.807) is 0 Å². The van der Waals surface area contributed by atoms with Crippen LogP contribution in [0.1, 0.15) is 5.56 Å². The summed E-state index contributed by atoms with van der Waals surface area (Å²) in [5.74, 6) is 0. The first-order valence-corrected chi connectivity index (χ1v) is 4.41. The molecule has 0 N–H and O–H groups in total. The van der Waals surface area contributed by atoms with Crippen LogP contribution < -0.4 is 0 Å². The maximum absolute atomic E-state index is 10.4. The third-order valence-electron chi connectivity index (χ3n) is 1.38. The van der Waals surface area contributed by atoms with Crippen molar-refractivity contribution in [1.29, 1.82) is 0 Å². The van der Waals surface area contributed by atoms with Crippen LogP contribution in [0.3, 0.4) is 0 Å². The third kappa shape index (κ3) is 15.3. The summed E-state index contributed by atoms with van der Waals surface area (Å²) in [5.41, 5.74) is 1.24. The Labute approximate surface area is 120 Å². The molecule has 0 amide bonds.